The first-order valence-electron chi connectivity index (χ1n) is 13.8. The lowest BCUT2D eigenvalue weighted by atomic mass is 9.98. The van der Waals surface area contributed by atoms with Crippen molar-refractivity contribution in [3.05, 3.63) is 120 Å². The van der Waals surface area contributed by atoms with Crippen LogP contribution in [0, 0.1) is 0 Å². The smallest absolute Gasteiger partial charge is 0.235 e. The average Bonchev–Trinajstić information content (AvgIpc) is 3.58. The third-order valence-corrected chi connectivity index (χ3v) is 9.42. The summed E-state index contributed by atoms with van der Waals surface area (Å²) < 4.78 is 4.92. The molecule has 0 bridgehead atoms. The van der Waals surface area contributed by atoms with E-state index in [1.54, 1.807) is 0 Å². The number of aryl methyl sites for hydroxylation is 1. The summed E-state index contributed by atoms with van der Waals surface area (Å²) in [7, 11) is 0. The van der Waals surface area contributed by atoms with E-state index in [1.165, 1.54) is 47.2 Å². The van der Waals surface area contributed by atoms with Crippen LogP contribution >= 0.6 is 11.3 Å². The highest BCUT2D eigenvalue weighted by Gasteiger charge is 2.24. The van der Waals surface area contributed by atoms with Crippen LogP contribution in [-0.4, -0.2) is 14.5 Å². The summed E-state index contributed by atoms with van der Waals surface area (Å²) in [4.78, 5) is 10.6. The van der Waals surface area contributed by atoms with Gasteiger partial charge in [-0.1, -0.05) is 103 Å². The van der Waals surface area contributed by atoms with Crippen molar-refractivity contribution < 1.29 is 0 Å². The second-order valence-electron chi connectivity index (χ2n) is 10.5. The fraction of sp³-hybridized carbons (Fsp3) is 0.0556. The summed E-state index contributed by atoms with van der Waals surface area (Å²) in [5, 5.41) is 7.69. The predicted octanol–water partition coefficient (Wildman–Crippen LogP) is 9.72. The summed E-state index contributed by atoms with van der Waals surface area (Å²) in [5.41, 5.74) is 6.70. The van der Waals surface area contributed by atoms with E-state index in [4.69, 9.17) is 9.97 Å². The molecule has 3 heterocycles. The minimum atomic E-state index is 0.744. The SMILES string of the molecule is C1=Cc2c(nc(-n3c4ccccc4c4c5ccccc5c5c6ccccc6sc5c43)nc2-c2ccccc2)CC1. The minimum absolute atomic E-state index is 0.744. The molecule has 8 aromatic rings. The Bertz CT molecular complexity index is 2320. The number of allylic oxidation sites excluding steroid dienone is 1. The maximum atomic E-state index is 5.35. The van der Waals surface area contributed by atoms with E-state index in [1.807, 2.05) is 11.3 Å². The average molecular weight is 530 g/mol. The zero-order chi connectivity index (χ0) is 26.2. The molecule has 0 atom stereocenters. The van der Waals surface area contributed by atoms with Crippen LogP contribution < -0.4 is 0 Å². The van der Waals surface area contributed by atoms with Crippen molar-refractivity contribution >= 4 is 70.2 Å². The van der Waals surface area contributed by atoms with E-state index in [9.17, 15) is 0 Å². The molecule has 0 saturated carbocycles. The van der Waals surface area contributed by atoms with Crippen LogP contribution in [0.15, 0.2) is 109 Å². The highest BCUT2D eigenvalue weighted by molar-refractivity contribution is 7.27. The van der Waals surface area contributed by atoms with E-state index in [2.05, 4.69) is 120 Å². The number of benzene rings is 5. The third-order valence-electron chi connectivity index (χ3n) is 8.24. The molecule has 0 radical (unpaired) electrons. The number of para-hydroxylation sites is 1. The summed E-state index contributed by atoms with van der Waals surface area (Å²) in [6.07, 6.45) is 6.36. The van der Waals surface area contributed by atoms with Gasteiger partial charge in [0, 0.05) is 37.4 Å². The molecule has 0 amide bonds. The molecular weight excluding hydrogens is 506 g/mol. The highest BCUT2D eigenvalue weighted by atomic mass is 32.1. The van der Waals surface area contributed by atoms with Gasteiger partial charge in [0.25, 0.3) is 0 Å². The Kier molecular flexibility index (Phi) is 4.60. The highest BCUT2D eigenvalue weighted by Crippen LogP contribution is 2.47. The third kappa shape index (κ3) is 3.00. The summed E-state index contributed by atoms with van der Waals surface area (Å²) in [6, 6.07) is 36.9. The molecule has 5 aromatic carbocycles. The lowest BCUT2D eigenvalue weighted by Gasteiger charge is -2.17. The fourth-order valence-electron chi connectivity index (χ4n) is 6.54. The molecule has 9 rings (SSSR count). The lowest BCUT2D eigenvalue weighted by molar-refractivity contribution is 0.878. The molecule has 0 saturated heterocycles. The van der Waals surface area contributed by atoms with Gasteiger partial charge >= 0.3 is 0 Å². The van der Waals surface area contributed by atoms with Gasteiger partial charge in [0.2, 0.25) is 5.95 Å². The summed E-state index contributed by atoms with van der Waals surface area (Å²) in [6.45, 7) is 0. The first kappa shape index (κ1) is 22.1. The summed E-state index contributed by atoms with van der Waals surface area (Å²) in [5.74, 6) is 0.744. The maximum Gasteiger partial charge on any atom is 0.235 e. The number of aromatic nitrogens is 3. The van der Waals surface area contributed by atoms with Crippen molar-refractivity contribution in [2.75, 3.05) is 0 Å². The molecule has 0 aliphatic heterocycles. The molecular formula is C36H23N3S. The van der Waals surface area contributed by atoms with Gasteiger partial charge in [-0.3, -0.25) is 4.57 Å². The Hall–Kier alpha value is -4.80. The van der Waals surface area contributed by atoms with E-state index in [-0.39, 0.29) is 0 Å². The topological polar surface area (TPSA) is 30.7 Å². The van der Waals surface area contributed by atoms with Gasteiger partial charge in [-0.25, -0.2) is 9.97 Å². The molecule has 0 unspecified atom stereocenters. The Morgan fingerprint density at radius 3 is 2.20 bits per heavy atom. The van der Waals surface area contributed by atoms with Gasteiger partial charge in [0.05, 0.1) is 27.1 Å². The molecule has 3 aromatic heterocycles. The van der Waals surface area contributed by atoms with Crippen molar-refractivity contribution in [1.82, 2.24) is 14.5 Å². The minimum Gasteiger partial charge on any atom is -0.276 e. The van der Waals surface area contributed by atoms with Crippen LogP contribution in [0.4, 0.5) is 0 Å². The number of rotatable bonds is 2. The van der Waals surface area contributed by atoms with Gasteiger partial charge in [-0.2, -0.15) is 0 Å². The number of thiophene rings is 1. The van der Waals surface area contributed by atoms with Crippen LogP contribution in [0.2, 0.25) is 0 Å². The molecule has 4 heteroatoms. The zero-order valence-electron chi connectivity index (χ0n) is 21.6. The Balaban J connectivity index is 1.52. The van der Waals surface area contributed by atoms with E-state index in [0.717, 1.165) is 46.8 Å². The Labute approximate surface area is 234 Å². The van der Waals surface area contributed by atoms with Gasteiger partial charge < -0.3 is 0 Å². The van der Waals surface area contributed by atoms with E-state index >= 15 is 0 Å². The molecule has 1 aliphatic carbocycles. The quantitative estimate of drug-likeness (QED) is 0.223. The fourth-order valence-corrected chi connectivity index (χ4v) is 7.80. The van der Waals surface area contributed by atoms with Gasteiger partial charge in [-0.15, -0.1) is 11.3 Å². The normalized spacial score (nSPS) is 13.2. The van der Waals surface area contributed by atoms with Crippen LogP contribution in [-0.2, 0) is 6.42 Å². The zero-order valence-corrected chi connectivity index (χ0v) is 22.5. The first-order valence-corrected chi connectivity index (χ1v) is 14.6. The number of fused-ring (bicyclic) bond motifs is 11. The second kappa shape index (κ2) is 8.35. The van der Waals surface area contributed by atoms with Crippen molar-refractivity contribution in [1.29, 1.82) is 0 Å². The lowest BCUT2D eigenvalue weighted by Crippen LogP contribution is -2.09. The first-order chi connectivity index (χ1) is 19.9. The molecule has 3 nitrogen and oxygen atoms in total. The van der Waals surface area contributed by atoms with E-state index in [0.29, 0.717) is 0 Å². The van der Waals surface area contributed by atoms with Gasteiger partial charge in [0.15, 0.2) is 0 Å². The predicted molar refractivity (Wildman–Crippen MR) is 170 cm³/mol. The largest absolute Gasteiger partial charge is 0.276 e. The molecule has 0 fully saturated rings. The standard InChI is InChI=1S/C36H23N3S/c1-2-12-22(13-3-1)33-25-16-6-9-19-28(25)37-36(38-33)39-29-20-10-7-17-26(29)31-23-14-4-5-15-24(23)32-27-18-8-11-21-30(27)40-35(32)34(31)39/h1-8,10-18,20-21H,9,19H2. The Morgan fingerprint density at radius 1 is 0.650 bits per heavy atom. The molecule has 0 N–H and O–H groups in total. The monoisotopic (exact) mass is 529 g/mol. The number of nitrogens with zero attached hydrogens (tertiary/aromatic N) is 3. The maximum absolute atomic E-state index is 5.35. The molecule has 188 valence electrons. The molecule has 0 spiro atoms. The number of hydrogen-bond donors (Lipinski definition) is 0. The van der Waals surface area contributed by atoms with Crippen molar-refractivity contribution in [2.24, 2.45) is 0 Å². The molecule has 40 heavy (non-hydrogen) atoms. The second-order valence-corrected chi connectivity index (χ2v) is 11.5. The van der Waals surface area contributed by atoms with Crippen LogP contribution in [0.1, 0.15) is 17.7 Å². The molecule has 1 aliphatic rings. The van der Waals surface area contributed by atoms with Crippen molar-refractivity contribution in [3.63, 3.8) is 0 Å². The van der Waals surface area contributed by atoms with Crippen LogP contribution in [0.3, 0.4) is 0 Å². The van der Waals surface area contributed by atoms with Crippen LogP contribution in [0.5, 0.6) is 0 Å². The van der Waals surface area contributed by atoms with E-state index < -0.39 is 0 Å². The van der Waals surface area contributed by atoms with Crippen molar-refractivity contribution in [2.45, 2.75) is 12.8 Å². The van der Waals surface area contributed by atoms with Gasteiger partial charge in [-0.05, 0) is 35.7 Å². The van der Waals surface area contributed by atoms with Crippen molar-refractivity contribution in [3.8, 4) is 17.2 Å². The summed E-state index contributed by atoms with van der Waals surface area (Å²) >= 11 is 1.87. The van der Waals surface area contributed by atoms with Crippen LogP contribution in [0.25, 0.3) is 76.0 Å². The van der Waals surface area contributed by atoms with Gasteiger partial charge in [0.1, 0.15) is 0 Å². The number of hydrogen-bond acceptors (Lipinski definition) is 3. The Morgan fingerprint density at radius 2 is 1.35 bits per heavy atom.